The number of carbonyl (C=O) groups excluding carboxylic acids is 1. The number of nitrogens with one attached hydrogen (secondary N) is 2. The maximum atomic E-state index is 12.2. The van der Waals surface area contributed by atoms with Crippen molar-refractivity contribution in [2.45, 2.75) is 38.4 Å². The van der Waals surface area contributed by atoms with E-state index in [0.717, 1.165) is 25.9 Å². The molecule has 0 radical (unpaired) electrons. The highest BCUT2D eigenvalue weighted by Gasteiger charge is 2.19. The van der Waals surface area contributed by atoms with Crippen LogP contribution in [0, 0.1) is 0 Å². The average Bonchev–Trinajstić information content (AvgIpc) is 2.92. The Bertz CT molecular complexity index is 729. The highest BCUT2D eigenvalue weighted by molar-refractivity contribution is 5.95. The van der Waals surface area contributed by atoms with Crippen molar-refractivity contribution in [3.63, 3.8) is 0 Å². The second-order valence-corrected chi connectivity index (χ2v) is 5.68. The van der Waals surface area contributed by atoms with Gasteiger partial charge in [-0.2, -0.15) is 0 Å². The number of aromatic amines is 1. The topological polar surface area (TPSA) is 93.6 Å². The van der Waals surface area contributed by atoms with Crippen LogP contribution in [-0.4, -0.2) is 36.3 Å². The third-order valence-corrected chi connectivity index (χ3v) is 3.86. The molecule has 0 aliphatic carbocycles. The maximum absolute atomic E-state index is 12.2. The molecule has 2 heterocycles. The first-order valence-corrected chi connectivity index (χ1v) is 7.79. The van der Waals surface area contributed by atoms with E-state index in [2.05, 4.69) is 10.3 Å². The molecule has 1 aromatic heterocycles. The quantitative estimate of drug-likeness (QED) is 0.879. The van der Waals surface area contributed by atoms with Gasteiger partial charge in [-0.25, -0.2) is 4.79 Å². The number of benzene rings is 1. The van der Waals surface area contributed by atoms with Gasteiger partial charge in [0.1, 0.15) is 6.10 Å². The number of fused-ring (bicyclic) bond motifs is 1. The number of aromatic nitrogens is 1. The number of amides is 1. The lowest BCUT2D eigenvalue weighted by Crippen LogP contribution is -2.32. The lowest BCUT2D eigenvalue weighted by Gasteiger charge is -2.23. The number of carbonyl (C=O) groups is 1. The van der Waals surface area contributed by atoms with Crippen LogP contribution in [0.3, 0.4) is 0 Å². The lowest BCUT2D eigenvalue weighted by molar-refractivity contribution is -0.130. The molecule has 7 heteroatoms. The van der Waals surface area contributed by atoms with Gasteiger partial charge < -0.3 is 19.2 Å². The van der Waals surface area contributed by atoms with Crippen molar-refractivity contribution >= 4 is 22.7 Å². The first kappa shape index (κ1) is 15.8. The van der Waals surface area contributed by atoms with Crippen molar-refractivity contribution in [3.05, 3.63) is 28.7 Å². The Labute approximate surface area is 133 Å². The average molecular weight is 320 g/mol. The van der Waals surface area contributed by atoms with Crippen LogP contribution in [-0.2, 0) is 14.3 Å². The van der Waals surface area contributed by atoms with E-state index in [0.29, 0.717) is 23.4 Å². The second kappa shape index (κ2) is 6.97. The Balaban J connectivity index is 1.54. The predicted molar refractivity (Wildman–Crippen MR) is 84.5 cm³/mol. The molecule has 2 atom stereocenters. The molecule has 1 saturated heterocycles. The summed E-state index contributed by atoms with van der Waals surface area (Å²) in [4.78, 5) is 25.8. The van der Waals surface area contributed by atoms with Gasteiger partial charge in [0.2, 0.25) is 0 Å². The summed E-state index contributed by atoms with van der Waals surface area (Å²) in [6, 6.07) is 4.95. The molecule has 1 aliphatic rings. The smallest absolute Gasteiger partial charge is 0.408 e. The molecule has 0 bridgehead atoms. The predicted octanol–water partition coefficient (Wildman–Crippen LogP) is 2.03. The van der Waals surface area contributed by atoms with E-state index in [-0.39, 0.29) is 12.0 Å². The van der Waals surface area contributed by atoms with E-state index in [1.165, 1.54) is 0 Å². The Morgan fingerprint density at radius 1 is 1.48 bits per heavy atom. The molecule has 2 aromatic rings. The van der Waals surface area contributed by atoms with Crippen LogP contribution in [0.25, 0.3) is 11.1 Å². The highest BCUT2D eigenvalue weighted by atomic mass is 16.5. The van der Waals surface area contributed by atoms with Crippen molar-refractivity contribution in [1.82, 2.24) is 4.98 Å². The zero-order chi connectivity index (χ0) is 16.2. The van der Waals surface area contributed by atoms with E-state index in [4.69, 9.17) is 13.9 Å². The number of oxazole rings is 1. The van der Waals surface area contributed by atoms with Crippen LogP contribution < -0.4 is 11.1 Å². The Kier molecular flexibility index (Phi) is 4.78. The first-order chi connectivity index (χ1) is 11.1. The maximum Gasteiger partial charge on any atom is 0.417 e. The molecule has 2 N–H and O–H groups in total. The summed E-state index contributed by atoms with van der Waals surface area (Å²) in [6.07, 6.45) is 2.69. The number of ether oxygens (including phenoxy) is 2. The molecule has 23 heavy (non-hydrogen) atoms. The van der Waals surface area contributed by atoms with Gasteiger partial charge in [-0.05, 0) is 44.4 Å². The fraction of sp³-hybridized carbons (Fsp3) is 0.500. The molecule has 1 aliphatic heterocycles. The normalized spacial score (nSPS) is 19.6. The van der Waals surface area contributed by atoms with Gasteiger partial charge in [-0.15, -0.1) is 0 Å². The van der Waals surface area contributed by atoms with E-state index in [1.54, 1.807) is 25.1 Å². The molecule has 1 fully saturated rings. The molecular formula is C16H20N2O5. The van der Waals surface area contributed by atoms with Gasteiger partial charge in [-0.3, -0.25) is 9.78 Å². The first-order valence-electron chi connectivity index (χ1n) is 7.79. The fourth-order valence-corrected chi connectivity index (χ4v) is 2.54. The zero-order valence-corrected chi connectivity index (χ0v) is 13.0. The van der Waals surface area contributed by atoms with Crippen LogP contribution in [0.1, 0.15) is 26.2 Å². The van der Waals surface area contributed by atoms with Gasteiger partial charge in [-0.1, -0.05) is 0 Å². The van der Waals surface area contributed by atoms with Gasteiger partial charge in [0, 0.05) is 12.3 Å². The summed E-state index contributed by atoms with van der Waals surface area (Å²) < 4.78 is 16.1. The standard InChI is InChI=1S/C16H20N2O5/c1-10(22-9-12-4-2-3-7-21-12)15(19)17-11-5-6-14-13(8-11)18-16(20)23-14/h5-6,8,10,12H,2-4,7,9H2,1H3,(H,17,19)(H,18,20)/t10-,12-/m0/s1. The molecule has 3 rings (SSSR count). The van der Waals surface area contributed by atoms with Crippen molar-refractivity contribution < 1.29 is 18.7 Å². The van der Waals surface area contributed by atoms with Crippen molar-refractivity contribution in [3.8, 4) is 0 Å². The number of hydrogen-bond acceptors (Lipinski definition) is 5. The Morgan fingerprint density at radius 3 is 3.13 bits per heavy atom. The SMILES string of the molecule is C[C@H](OC[C@@H]1CCCCO1)C(=O)Nc1ccc2oc(=O)[nH]c2c1. The number of anilines is 1. The van der Waals surface area contributed by atoms with E-state index >= 15 is 0 Å². The van der Waals surface area contributed by atoms with Crippen LogP contribution in [0.5, 0.6) is 0 Å². The molecule has 1 aromatic carbocycles. The van der Waals surface area contributed by atoms with Crippen LogP contribution in [0.4, 0.5) is 5.69 Å². The third kappa shape index (κ3) is 4.00. The van der Waals surface area contributed by atoms with E-state index < -0.39 is 11.9 Å². The number of rotatable bonds is 5. The van der Waals surface area contributed by atoms with E-state index in [1.807, 2.05) is 0 Å². The number of hydrogen-bond donors (Lipinski definition) is 2. The van der Waals surface area contributed by atoms with Gasteiger partial charge in [0.05, 0.1) is 18.2 Å². The van der Waals surface area contributed by atoms with Crippen LogP contribution in [0.15, 0.2) is 27.4 Å². The van der Waals surface area contributed by atoms with Crippen LogP contribution in [0.2, 0.25) is 0 Å². The molecule has 0 spiro atoms. The van der Waals surface area contributed by atoms with Gasteiger partial charge in [0.25, 0.3) is 5.91 Å². The molecule has 1 amide bonds. The molecule has 0 unspecified atom stereocenters. The minimum atomic E-state index is -0.584. The molecule has 7 nitrogen and oxygen atoms in total. The van der Waals surface area contributed by atoms with Crippen molar-refractivity contribution in [1.29, 1.82) is 0 Å². The zero-order valence-electron chi connectivity index (χ0n) is 13.0. The van der Waals surface area contributed by atoms with E-state index in [9.17, 15) is 9.59 Å². The summed E-state index contributed by atoms with van der Waals surface area (Å²) in [7, 11) is 0. The monoisotopic (exact) mass is 320 g/mol. The molecule has 124 valence electrons. The number of H-pyrrole nitrogens is 1. The van der Waals surface area contributed by atoms with Crippen LogP contribution >= 0.6 is 0 Å². The summed E-state index contributed by atoms with van der Waals surface area (Å²) in [5.74, 6) is -0.765. The fourth-order valence-electron chi connectivity index (χ4n) is 2.54. The molecule has 0 saturated carbocycles. The minimum absolute atomic E-state index is 0.0753. The van der Waals surface area contributed by atoms with Gasteiger partial charge >= 0.3 is 5.76 Å². The van der Waals surface area contributed by atoms with Crippen molar-refractivity contribution in [2.24, 2.45) is 0 Å². The summed E-state index contributed by atoms with van der Waals surface area (Å²) >= 11 is 0. The van der Waals surface area contributed by atoms with Gasteiger partial charge in [0.15, 0.2) is 5.58 Å². The van der Waals surface area contributed by atoms with Crippen molar-refractivity contribution in [2.75, 3.05) is 18.5 Å². The summed E-state index contributed by atoms with van der Waals surface area (Å²) in [6.45, 7) is 2.89. The Morgan fingerprint density at radius 2 is 2.35 bits per heavy atom. The summed E-state index contributed by atoms with van der Waals surface area (Å²) in [5.41, 5.74) is 1.56. The lowest BCUT2D eigenvalue weighted by atomic mass is 10.1. The molecular weight excluding hydrogens is 300 g/mol. The Hall–Kier alpha value is -2.12. The second-order valence-electron chi connectivity index (χ2n) is 5.68. The minimum Gasteiger partial charge on any atom is -0.408 e. The largest absolute Gasteiger partial charge is 0.417 e. The third-order valence-electron chi connectivity index (χ3n) is 3.86. The highest BCUT2D eigenvalue weighted by Crippen LogP contribution is 2.17. The summed E-state index contributed by atoms with van der Waals surface area (Å²) in [5, 5.41) is 2.76.